The maximum absolute atomic E-state index is 10.5. The largest absolute Gasteiger partial charge is 0.508 e. The predicted octanol–water partition coefficient (Wildman–Crippen LogP) is 5.01. The third kappa shape index (κ3) is 2.38. The summed E-state index contributed by atoms with van der Waals surface area (Å²) >= 11 is 2.26. The second kappa shape index (κ2) is 5.76. The highest BCUT2D eigenvalue weighted by atomic mass is 127. The van der Waals surface area contributed by atoms with Crippen molar-refractivity contribution < 1.29 is 10.2 Å². The fourth-order valence-corrected chi connectivity index (χ4v) is 6.32. The minimum absolute atomic E-state index is 0.108. The van der Waals surface area contributed by atoms with Crippen LogP contribution in [0.25, 0.3) is 6.08 Å². The van der Waals surface area contributed by atoms with Crippen molar-refractivity contribution in [2.75, 3.05) is 0 Å². The van der Waals surface area contributed by atoms with Crippen LogP contribution < -0.4 is 0 Å². The van der Waals surface area contributed by atoms with Crippen LogP contribution in [0.3, 0.4) is 0 Å². The maximum Gasteiger partial charge on any atom is 0.116 e. The summed E-state index contributed by atoms with van der Waals surface area (Å²) in [5.74, 6) is 2.35. The van der Waals surface area contributed by atoms with Crippen LogP contribution in [0.5, 0.6) is 5.75 Å². The van der Waals surface area contributed by atoms with Gasteiger partial charge in [-0.1, -0.05) is 29.5 Å². The molecule has 4 rings (SSSR count). The van der Waals surface area contributed by atoms with Gasteiger partial charge >= 0.3 is 0 Å². The van der Waals surface area contributed by atoms with Gasteiger partial charge < -0.3 is 10.2 Å². The van der Waals surface area contributed by atoms with E-state index in [0.29, 0.717) is 23.5 Å². The molecular weight excluding hydrogens is 399 g/mol. The van der Waals surface area contributed by atoms with Gasteiger partial charge in [-0.15, -0.1) is 0 Å². The zero-order valence-corrected chi connectivity index (χ0v) is 15.8. The highest BCUT2D eigenvalue weighted by Gasteiger charge is 2.54. The number of phenols is 1. The molecule has 0 unspecified atom stereocenters. The number of fused-ring (bicyclic) bond motifs is 5. The molecule has 3 aliphatic rings. The lowest BCUT2D eigenvalue weighted by atomic mass is 9.55. The molecule has 5 atom stereocenters. The molecule has 0 amide bonds. The SMILES string of the molecule is C[C@]12CC[C@@H]3c4c(/C=C/I)cc(O)cc4CC[C@H]3[C@@H]1CC[C@@H]2O. The van der Waals surface area contributed by atoms with Crippen LogP contribution in [-0.4, -0.2) is 16.3 Å². The normalized spacial score (nSPS) is 39.1. The van der Waals surface area contributed by atoms with Gasteiger partial charge in [-0.3, -0.25) is 0 Å². The van der Waals surface area contributed by atoms with E-state index in [0.717, 1.165) is 19.3 Å². The van der Waals surface area contributed by atoms with E-state index in [1.54, 1.807) is 0 Å². The van der Waals surface area contributed by atoms with Gasteiger partial charge in [0.1, 0.15) is 5.75 Å². The molecule has 0 heterocycles. The second-order valence-electron chi connectivity index (χ2n) is 7.95. The first-order chi connectivity index (χ1) is 11.0. The lowest BCUT2D eigenvalue weighted by Crippen LogP contribution is -2.44. The molecular formula is C20H25IO2. The van der Waals surface area contributed by atoms with Crippen molar-refractivity contribution in [2.45, 2.75) is 57.5 Å². The number of aromatic hydroxyl groups is 1. The molecule has 0 saturated heterocycles. The van der Waals surface area contributed by atoms with Crippen molar-refractivity contribution in [1.29, 1.82) is 0 Å². The summed E-state index contributed by atoms with van der Waals surface area (Å²) in [6.07, 6.45) is 8.78. The van der Waals surface area contributed by atoms with Crippen molar-refractivity contribution in [3.63, 3.8) is 0 Å². The number of benzene rings is 1. The van der Waals surface area contributed by atoms with Gasteiger partial charge in [0.05, 0.1) is 6.10 Å². The molecule has 0 radical (unpaired) electrons. The summed E-state index contributed by atoms with van der Waals surface area (Å²) < 4.78 is 2.04. The number of aryl methyl sites for hydroxylation is 1. The summed E-state index contributed by atoms with van der Waals surface area (Å²) in [7, 11) is 0. The summed E-state index contributed by atoms with van der Waals surface area (Å²) in [5.41, 5.74) is 4.16. The molecule has 0 bridgehead atoms. The summed E-state index contributed by atoms with van der Waals surface area (Å²) in [6.45, 7) is 2.32. The number of halogens is 1. The van der Waals surface area contributed by atoms with Crippen molar-refractivity contribution in [3.8, 4) is 5.75 Å². The molecule has 2 nitrogen and oxygen atoms in total. The van der Waals surface area contributed by atoms with Crippen LogP contribution >= 0.6 is 22.6 Å². The van der Waals surface area contributed by atoms with Crippen molar-refractivity contribution in [2.24, 2.45) is 17.3 Å². The van der Waals surface area contributed by atoms with Gasteiger partial charge in [0, 0.05) is 0 Å². The Balaban J connectivity index is 1.77. The van der Waals surface area contributed by atoms with E-state index in [-0.39, 0.29) is 11.5 Å². The Hall–Kier alpha value is -0.550. The molecule has 2 fully saturated rings. The molecule has 0 aromatic heterocycles. The Morgan fingerprint density at radius 2 is 2.04 bits per heavy atom. The smallest absolute Gasteiger partial charge is 0.116 e. The third-order valence-corrected chi connectivity index (χ3v) is 7.39. The van der Waals surface area contributed by atoms with Gasteiger partial charge in [-0.25, -0.2) is 0 Å². The van der Waals surface area contributed by atoms with Gasteiger partial charge in [0.2, 0.25) is 0 Å². The van der Waals surface area contributed by atoms with Crippen LogP contribution in [0.1, 0.15) is 61.6 Å². The predicted molar refractivity (Wildman–Crippen MR) is 102 cm³/mol. The number of hydrogen-bond donors (Lipinski definition) is 2. The van der Waals surface area contributed by atoms with Crippen molar-refractivity contribution in [3.05, 3.63) is 32.9 Å². The van der Waals surface area contributed by atoms with E-state index >= 15 is 0 Å². The topological polar surface area (TPSA) is 40.5 Å². The Labute approximate surface area is 152 Å². The van der Waals surface area contributed by atoms with Crippen molar-refractivity contribution >= 4 is 28.7 Å². The van der Waals surface area contributed by atoms with E-state index in [2.05, 4.69) is 35.6 Å². The highest BCUT2D eigenvalue weighted by molar-refractivity contribution is 14.1. The van der Waals surface area contributed by atoms with E-state index in [1.807, 2.05) is 16.2 Å². The third-order valence-electron chi connectivity index (χ3n) is 7.03. The van der Waals surface area contributed by atoms with Crippen LogP contribution in [0.15, 0.2) is 16.2 Å². The molecule has 23 heavy (non-hydrogen) atoms. The summed E-state index contributed by atoms with van der Waals surface area (Å²) in [6, 6.07) is 3.90. The molecule has 1 aromatic carbocycles. The number of rotatable bonds is 1. The molecule has 2 N–H and O–H groups in total. The maximum atomic E-state index is 10.5. The second-order valence-corrected chi connectivity index (χ2v) is 8.67. The van der Waals surface area contributed by atoms with Gasteiger partial charge in [-0.05, 0) is 101 Å². The molecule has 3 heteroatoms. The summed E-state index contributed by atoms with van der Waals surface area (Å²) in [5, 5.41) is 20.5. The minimum atomic E-state index is -0.108. The van der Waals surface area contributed by atoms with E-state index in [9.17, 15) is 10.2 Å². The highest BCUT2D eigenvalue weighted by Crippen LogP contribution is 2.61. The molecule has 1 aromatic rings. The first kappa shape index (κ1) is 15.9. The molecule has 0 spiro atoms. The average molecular weight is 424 g/mol. The monoisotopic (exact) mass is 424 g/mol. The zero-order chi connectivity index (χ0) is 16.2. The Morgan fingerprint density at radius 3 is 2.83 bits per heavy atom. The quantitative estimate of drug-likeness (QED) is 0.622. The van der Waals surface area contributed by atoms with Crippen LogP contribution in [0.4, 0.5) is 0 Å². The standard InChI is InChI=1S/C20H25IO2/c1-20-8-6-16-15(17(20)4-5-18(20)23)3-2-12-10-14(22)11-13(7-9-21)19(12)16/h7,9-11,15-18,22-23H,2-6,8H2,1H3/b9-7+/t15-,16+,17+,18+,20+/m1/s1. The fraction of sp³-hybridized carbons (Fsp3) is 0.600. The van der Waals surface area contributed by atoms with Crippen LogP contribution in [0, 0.1) is 17.3 Å². The van der Waals surface area contributed by atoms with Crippen LogP contribution in [-0.2, 0) is 6.42 Å². The fourth-order valence-electron chi connectivity index (χ4n) is 5.93. The van der Waals surface area contributed by atoms with Crippen LogP contribution in [0.2, 0.25) is 0 Å². The summed E-state index contributed by atoms with van der Waals surface area (Å²) in [4.78, 5) is 0. The molecule has 2 saturated carbocycles. The molecule has 124 valence electrons. The minimum Gasteiger partial charge on any atom is -0.508 e. The number of phenolic OH excluding ortho intramolecular Hbond substituents is 1. The van der Waals surface area contributed by atoms with Gasteiger partial charge in [0.25, 0.3) is 0 Å². The lowest BCUT2D eigenvalue weighted by molar-refractivity contribution is -0.0226. The molecule has 3 aliphatic carbocycles. The first-order valence-corrected chi connectivity index (χ1v) is 10.1. The Kier molecular flexibility index (Phi) is 4.00. The number of aliphatic hydroxyl groups excluding tert-OH is 1. The first-order valence-electron chi connectivity index (χ1n) is 8.85. The number of hydrogen-bond acceptors (Lipinski definition) is 2. The van der Waals surface area contributed by atoms with Crippen molar-refractivity contribution in [1.82, 2.24) is 0 Å². The van der Waals surface area contributed by atoms with Gasteiger partial charge in [0.15, 0.2) is 0 Å². The van der Waals surface area contributed by atoms with Gasteiger partial charge in [-0.2, -0.15) is 0 Å². The average Bonchev–Trinajstić information content (AvgIpc) is 2.82. The number of aliphatic hydroxyl groups is 1. The lowest BCUT2D eigenvalue weighted by Gasteiger charge is -2.50. The van der Waals surface area contributed by atoms with E-state index in [4.69, 9.17) is 0 Å². The Bertz CT molecular complexity index is 653. The van der Waals surface area contributed by atoms with E-state index < -0.39 is 0 Å². The Morgan fingerprint density at radius 1 is 1.22 bits per heavy atom. The molecule has 0 aliphatic heterocycles. The zero-order valence-electron chi connectivity index (χ0n) is 13.6. The van der Waals surface area contributed by atoms with E-state index in [1.165, 1.54) is 36.0 Å².